The van der Waals surface area contributed by atoms with Crippen molar-refractivity contribution in [2.75, 3.05) is 0 Å². The Hall–Kier alpha value is -2.96. The van der Waals surface area contributed by atoms with Crippen molar-refractivity contribution >= 4 is 22.1 Å². The summed E-state index contributed by atoms with van der Waals surface area (Å²) in [6, 6.07) is 4.17. The summed E-state index contributed by atoms with van der Waals surface area (Å²) in [5.74, 6) is 0.948. The molecule has 4 aromatic rings. The van der Waals surface area contributed by atoms with Crippen LogP contribution in [0.4, 0.5) is 0 Å². The van der Waals surface area contributed by atoms with Crippen LogP contribution >= 0.6 is 0 Å². The molecule has 0 aliphatic carbocycles. The van der Waals surface area contributed by atoms with Gasteiger partial charge < -0.3 is 4.98 Å². The van der Waals surface area contributed by atoms with E-state index in [0.29, 0.717) is 17.6 Å². The fraction of sp³-hybridized carbons (Fsp3) is 0.333. The van der Waals surface area contributed by atoms with Gasteiger partial charge in [-0.3, -0.25) is 14.0 Å². The highest BCUT2D eigenvalue weighted by Gasteiger charge is 2.09. The molecule has 3 heterocycles. The molecule has 0 radical (unpaired) electrons. The van der Waals surface area contributed by atoms with Crippen LogP contribution < -0.4 is 5.56 Å². The van der Waals surface area contributed by atoms with Crippen molar-refractivity contribution in [3.63, 3.8) is 0 Å². The molecule has 7 nitrogen and oxygen atoms in total. The highest BCUT2D eigenvalue weighted by atomic mass is 16.1. The van der Waals surface area contributed by atoms with Crippen molar-refractivity contribution in [1.29, 1.82) is 0 Å². The number of H-pyrrole nitrogens is 1. The molecule has 3 aromatic heterocycles. The zero-order valence-electron chi connectivity index (χ0n) is 14.6. The largest absolute Gasteiger partial charge is 0.342 e. The minimum absolute atomic E-state index is 0.0957. The van der Waals surface area contributed by atoms with Crippen LogP contribution in [0, 0.1) is 13.8 Å². The Morgan fingerprint density at radius 1 is 1.20 bits per heavy atom. The summed E-state index contributed by atoms with van der Waals surface area (Å²) in [7, 11) is 1.79. The van der Waals surface area contributed by atoms with Gasteiger partial charge in [-0.15, -0.1) is 0 Å². The molecule has 7 heteroatoms. The predicted octanol–water partition coefficient (Wildman–Crippen LogP) is 2.26. The first-order valence-corrected chi connectivity index (χ1v) is 8.36. The number of nitrogens with one attached hydrogen (secondary N) is 1. The summed E-state index contributed by atoms with van der Waals surface area (Å²) >= 11 is 0. The number of imidazole rings is 1. The topological polar surface area (TPSA) is 81.4 Å². The maximum atomic E-state index is 12.4. The Balaban J connectivity index is 1.52. The van der Waals surface area contributed by atoms with E-state index in [1.165, 1.54) is 11.1 Å². The van der Waals surface area contributed by atoms with Crippen molar-refractivity contribution < 1.29 is 0 Å². The van der Waals surface area contributed by atoms with Gasteiger partial charge in [0.05, 0.1) is 23.6 Å². The molecule has 0 bridgehead atoms. The van der Waals surface area contributed by atoms with Gasteiger partial charge in [0.2, 0.25) is 0 Å². The summed E-state index contributed by atoms with van der Waals surface area (Å²) in [6.07, 6.45) is 4.93. The number of aromatic nitrogens is 6. The quantitative estimate of drug-likeness (QED) is 0.620. The Kier molecular flexibility index (Phi) is 3.63. The number of fused-ring (bicyclic) bond motifs is 2. The first-order valence-electron chi connectivity index (χ1n) is 8.36. The van der Waals surface area contributed by atoms with E-state index in [2.05, 4.69) is 41.0 Å². The molecule has 1 aromatic carbocycles. The van der Waals surface area contributed by atoms with Crippen LogP contribution in [0.25, 0.3) is 22.1 Å². The number of aryl methyl sites for hydroxylation is 5. The zero-order valence-corrected chi connectivity index (χ0v) is 14.6. The monoisotopic (exact) mass is 336 g/mol. The third-order valence-electron chi connectivity index (χ3n) is 4.65. The molecule has 0 atom stereocenters. The minimum atomic E-state index is -0.0957. The van der Waals surface area contributed by atoms with Crippen LogP contribution in [-0.2, 0) is 20.0 Å². The van der Waals surface area contributed by atoms with Crippen molar-refractivity contribution in [2.24, 2.45) is 7.05 Å². The first kappa shape index (κ1) is 15.6. The van der Waals surface area contributed by atoms with Gasteiger partial charge >= 0.3 is 0 Å². The number of hydrogen-bond donors (Lipinski definition) is 1. The molecule has 0 unspecified atom stereocenters. The van der Waals surface area contributed by atoms with Crippen LogP contribution in [-0.4, -0.2) is 29.3 Å². The number of hydrogen-bond acceptors (Lipinski definition) is 4. The summed E-state index contributed by atoms with van der Waals surface area (Å²) < 4.78 is 3.23. The Bertz CT molecular complexity index is 1130. The Labute approximate surface area is 144 Å². The van der Waals surface area contributed by atoms with E-state index in [-0.39, 0.29) is 5.56 Å². The van der Waals surface area contributed by atoms with Crippen molar-refractivity contribution in [1.82, 2.24) is 29.3 Å². The lowest BCUT2D eigenvalue weighted by atomic mass is 10.1. The zero-order chi connectivity index (χ0) is 17.6. The van der Waals surface area contributed by atoms with E-state index in [0.717, 1.165) is 29.7 Å². The smallest absolute Gasteiger partial charge is 0.281 e. The maximum absolute atomic E-state index is 12.4. The highest BCUT2D eigenvalue weighted by Crippen LogP contribution is 2.19. The second-order valence-corrected chi connectivity index (χ2v) is 6.47. The molecule has 4 rings (SSSR count). The molecule has 0 aliphatic rings. The summed E-state index contributed by atoms with van der Waals surface area (Å²) in [5.41, 5.74) is 5.50. The summed E-state index contributed by atoms with van der Waals surface area (Å²) in [4.78, 5) is 24.8. The maximum Gasteiger partial charge on any atom is 0.281 e. The van der Waals surface area contributed by atoms with Crippen LogP contribution in [0.1, 0.15) is 23.4 Å². The van der Waals surface area contributed by atoms with Crippen molar-refractivity contribution in [2.45, 2.75) is 33.2 Å². The molecular formula is C18H20N6O. The molecule has 0 aliphatic heterocycles. The van der Waals surface area contributed by atoms with Crippen molar-refractivity contribution in [3.8, 4) is 0 Å². The van der Waals surface area contributed by atoms with Gasteiger partial charge in [-0.2, -0.15) is 5.10 Å². The molecule has 0 saturated heterocycles. The molecule has 0 spiro atoms. The average Bonchev–Trinajstić information content (AvgIpc) is 3.17. The second-order valence-electron chi connectivity index (χ2n) is 6.47. The van der Waals surface area contributed by atoms with Gasteiger partial charge in [-0.05, 0) is 37.5 Å². The fourth-order valence-corrected chi connectivity index (χ4v) is 3.10. The number of aromatic amines is 1. The lowest BCUT2D eigenvalue weighted by Crippen LogP contribution is -2.21. The van der Waals surface area contributed by atoms with E-state index in [1.807, 2.05) is 0 Å². The molecule has 1 N–H and O–H groups in total. The third-order valence-corrected chi connectivity index (χ3v) is 4.65. The number of nitrogens with zero attached hydrogens (tertiary/aromatic N) is 5. The second kappa shape index (κ2) is 5.84. The van der Waals surface area contributed by atoms with E-state index in [1.54, 1.807) is 28.8 Å². The fourth-order valence-electron chi connectivity index (χ4n) is 3.10. The molecule has 0 saturated carbocycles. The molecule has 0 amide bonds. The van der Waals surface area contributed by atoms with Gasteiger partial charge in [0.15, 0.2) is 5.52 Å². The normalized spacial score (nSPS) is 11.6. The summed E-state index contributed by atoms with van der Waals surface area (Å²) in [6.45, 7) is 4.78. The van der Waals surface area contributed by atoms with Crippen LogP contribution in [0.2, 0.25) is 0 Å². The first-order chi connectivity index (χ1) is 12.0. The molecule has 0 fully saturated rings. The third kappa shape index (κ3) is 2.71. The van der Waals surface area contributed by atoms with E-state index in [9.17, 15) is 4.79 Å². The summed E-state index contributed by atoms with van der Waals surface area (Å²) in [5, 5.41) is 4.19. The highest BCUT2D eigenvalue weighted by molar-refractivity contribution is 5.79. The van der Waals surface area contributed by atoms with Gasteiger partial charge in [0.1, 0.15) is 11.3 Å². The van der Waals surface area contributed by atoms with E-state index >= 15 is 0 Å². The standard InChI is InChI=1S/C18H20N6O/c1-11-6-7-13-16(12(11)2)21-15(20-13)5-4-8-24-10-19-14-9-23(3)22-17(14)18(24)25/h6-7,9-10H,4-5,8H2,1-3H3,(H,20,21). The van der Waals surface area contributed by atoms with Crippen LogP contribution in [0.3, 0.4) is 0 Å². The minimum Gasteiger partial charge on any atom is -0.342 e. The Morgan fingerprint density at radius 3 is 2.88 bits per heavy atom. The van der Waals surface area contributed by atoms with Gasteiger partial charge in [-0.1, -0.05) is 6.07 Å². The van der Waals surface area contributed by atoms with Gasteiger partial charge in [-0.25, -0.2) is 9.97 Å². The lowest BCUT2D eigenvalue weighted by molar-refractivity contribution is 0.608. The average molecular weight is 336 g/mol. The lowest BCUT2D eigenvalue weighted by Gasteiger charge is -2.03. The molecular weight excluding hydrogens is 316 g/mol. The molecule has 25 heavy (non-hydrogen) atoms. The van der Waals surface area contributed by atoms with Gasteiger partial charge in [0.25, 0.3) is 5.56 Å². The van der Waals surface area contributed by atoms with Crippen LogP contribution in [0.5, 0.6) is 0 Å². The van der Waals surface area contributed by atoms with Crippen LogP contribution in [0.15, 0.2) is 29.5 Å². The SMILES string of the molecule is Cc1ccc2[nH]c(CCCn3cnc4cn(C)nc4c3=O)nc2c1C. The Morgan fingerprint density at radius 2 is 2.04 bits per heavy atom. The van der Waals surface area contributed by atoms with Crippen molar-refractivity contribution in [3.05, 3.63) is 52.0 Å². The van der Waals surface area contributed by atoms with E-state index < -0.39 is 0 Å². The number of benzene rings is 1. The predicted molar refractivity (Wildman–Crippen MR) is 96.7 cm³/mol. The van der Waals surface area contributed by atoms with E-state index in [4.69, 9.17) is 4.98 Å². The molecule has 128 valence electrons. The number of rotatable bonds is 4. The van der Waals surface area contributed by atoms with Gasteiger partial charge in [0, 0.05) is 20.0 Å².